The summed E-state index contributed by atoms with van der Waals surface area (Å²) in [6.07, 6.45) is 0.437. The minimum Gasteiger partial charge on any atom is -0.480 e. The number of nitrogens with zero attached hydrogens (tertiary/aromatic N) is 1. The van der Waals surface area contributed by atoms with E-state index in [-0.39, 0.29) is 5.91 Å². The van der Waals surface area contributed by atoms with Gasteiger partial charge in [-0.2, -0.15) is 0 Å². The Morgan fingerprint density at radius 3 is 2.72 bits per heavy atom. The zero-order chi connectivity index (χ0) is 13.3. The topological polar surface area (TPSA) is 69.6 Å². The van der Waals surface area contributed by atoms with Crippen molar-refractivity contribution in [2.75, 3.05) is 11.9 Å². The van der Waals surface area contributed by atoms with Crippen LogP contribution in [0.2, 0.25) is 0 Å². The number of amides is 1. The van der Waals surface area contributed by atoms with Gasteiger partial charge in [0.2, 0.25) is 5.91 Å². The zero-order valence-corrected chi connectivity index (χ0v) is 10.4. The number of hydrogen-bond donors (Lipinski definition) is 2. The molecule has 0 radical (unpaired) electrons. The highest BCUT2D eigenvalue weighted by Crippen LogP contribution is 2.33. The van der Waals surface area contributed by atoms with Crippen LogP contribution in [0.5, 0.6) is 0 Å². The van der Waals surface area contributed by atoms with Crippen LogP contribution in [0.15, 0.2) is 24.3 Å². The maximum Gasteiger partial charge on any atom is 0.326 e. The van der Waals surface area contributed by atoms with Crippen LogP contribution in [0.1, 0.15) is 12.5 Å². The van der Waals surface area contributed by atoms with Crippen LogP contribution in [0.4, 0.5) is 5.69 Å². The van der Waals surface area contributed by atoms with Gasteiger partial charge in [0, 0.05) is 19.2 Å². The highest BCUT2D eigenvalue weighted by Gasteiger charge is 2.38. The Kier molecular flexibility index (Phi) is 3.23. The van der Waals surface area contributed by atoms with Gasteiger partial charge < -0.3 is 15.3 Å². The average molecular weight is 248 g/mol. The van der Waals surface area contributed by atoms with Gasteiger partial charge in [-0.1, -0.05) is 18.2 Å². The van der Waals surface area contributed by atoms with Gasteiger partial charge in [-0.15, -0.1) is 0 Å². The quantitative estimate of drug-likeness (QED) is 0.823. The fourth-order valence-electron chi connectivity index (χ4n) is 2.43. The highest BCUT2D eigenvalue weighted by atomic mass is 16.4. The molecule has 0 spiro atoms. The predicted octanol–water partition coefficient (Wildman–Crippen LogP) is 0.637. The predicted molar refractivity (Wildman–Crippen MR) is 67.6 cm³/mol. The number of rotatable bonds is 3. The number of para-hydroxylation sites is 1. The van der Waals surface area contributed by atoms with Gasteiger partial charge in [0.1, 0.15) is 12.1 Å². The maximum absolute atomic E-state index is 11.7. The fraction of sp³-hybridized carbons (Fsp3) is 0.385. The second kappa shape index (κ2) is 4.68. The van der Waals surface area contributed by atoms with Crippen LogP contribution in [0.25, 0.3) is 0 Å². The molecule has 18 heavy (non-hydrogen) atoms. The van der Waals surface area contributed by atoms with E-state index in [1.54, 1.807) is 18.9 Å². The monoisotopic (exact) mass is 248 g/mol. The second-order valence-corrected chi connectivity index (χ2v) is 4.38. The smallest absolute Gasteiger partial charge is 0.326 e. The van der Waals surface area contributed by atoms with Gasteiger partial charge in [-0.05, 0) is 18.6 Å². The number of aliphatic carboxylic acids is 1. The van der Waals surface area contributed by atoms with Crippen molar-refractivity contribution >= 4 is 17.6 Å². The Hall–Kier alpha value is -2.04. The normalized spacial score (nSPS) is 19.2. The molecular weight excluding hydrogens is 232 g/mol. The van der Waals surface area contributed by atoms with E-state index in [4.69, 9.17) is 0 Å². The largest absolute Gasteiger partial charge is 0.480 e. The van der Waals surface area contributed by atoms with Crippen molar-refractivity contribution in [3.63, 3.8) is 0 Å². The molecule has 1 aromatic carbocycles. The summed E-state index contributed by atoms with van der Waals surface area (Å²) < 4.78 is 0. The number of carbonyl (C=O) groups is 2. The van der Waals surface area contributed by atoms with Crippen molar-refractivity contribution < 1.29 is 14.7 Å². The van der Waals surface area contributed by atoms with Crippen LogP contribution in [-0.2, 0) is 16.0 Å². The molecule has 0 aromatic heterocycles. The summed E-state index contributed by atoms with van der Waals surface area (Å²) in [6.45, 7) is 1.72. The summed E-state index contributed by atoms with van der Waals surface area (Å²) in [7, 11) is 1.55. The van der Waals surface area contributed by atoms with Crippen molar-refractivity contribution in [3.8, 4) is 0 Å². The number of carboxylic acid groups (broad SMARTS) is 1. The van der Waals surface area contributed by atoms with Crippen molar-refractivity contribution in [1.82, 2.24) is 5.32 Å². The minimum atomic E-state index is -0.901. The molecule has 1 aliphatic rings. The molecule has 5 heteroatoms. The first-order chi connectivity index (χ1) is 8.56. The van der Waals surface area contributed by atoms with E-state index in [9.17, 15) is 14.7 Å². The number of benzene rings is 1. The Morgan fingerprint density at radius 2 is 2.11 bits per heavy atom. The number of hydrogen-bond acceptors (Lipinski definition) is 3. The number of anilines is 1. The lowest BCUT2D eigenvalue weighted by atomic mass is 10.1. The Balaban J connectivity index is 2.40. The molecular formula is C13H16N2O3. The van der Waals surface area contributed by atoms with Crippen LogP contribution < -0.4 is 10.2 Å². The molecule has 0 fully saturated rings. The number of nitrogens with one attached hydrogen (secondary N) is 1. The molecule has 2 N–H and O–H groups in total. The molecule has 96 valence electrons. The first-order valence-electron chi connectivity index (χ1n) is 5.87. The third kappa shape index (κ3) is 1.92. The van der Waals surface area contributed by atoms with Crippen molar-refractivity contribution in [2.45, 2.75) is 25.4 Å². The van der Waals surface area contributed by atoms with Crippen molar-refractivity contribution in [1.29, 1.82) is 0 Å². The van der Waals surface area contributed by atoms with Gasteiger partial charge in [0.25, 0.3) is 0 Å². The molecule has 0 saturated heterocycles. The number of carbonyl (C=O) groups excluding carboxylic acids is 1. The van der Waals surface area contributed by atoms with Gasteiger partial charge in [-0.3, -0.25) is 4.79 Å². The van der Waals surface area contributed by atoms with E-state index in [1.807, 2.05) is 24.3 Å². The van der Waals surface area contributed by atoms with E-state index in [0.29, 0.717) is 6.42 Å². The number of fused-ring (bicyclic) bond motifs is 1. The summed E-state index contributed by atoms with van der Waals surface area (Å²) in [5.74, 6) is -1.08. The lowest BCUT2D eigenvalue weighted by molar-refractivity contribution is -0.138. The van der Waals surface area contributed by atoms with Crippen LogP contribution >= 0.6 is 0 Å². The summed E-state index contributed by atoms with van der Waals surface area (Å²) in [5.41, 5.74) is 1.81. The molecule has 2 atom stereocenters. The summed E-state index contributed by atoms with van der Waals surface area (Å²) >= 11 is 0. The van der Waals surface area contributed by atoms with Crippen LogP contribution in [0.3, 0.4) is 0 Å². The molecule has 5 nitrogen and oxygen atoms in total. The van der Waals surface area contributed by atoms with E-state index < -0.39 is 18.1 Å². The van der Waals surface area contributed by atoms with Gasteiger partial charge >= 0.3 is 5.97 Å². The minimum absolute atomic E-state index is 0.182. The molecule has 1 heterocycles. The first kappa shape index (κ1) is 12.4. The molecule has 0 bridgehead atoms. The first-order valence-corrected chi connectivity index (χ1v) is 5.87. The standard InChI is InChI=1S/C13H16N2O3/c1-8(12(16)14-2)15-10-6-4-3-5-9(10)7-11(15)13(17)18/h3-6,8,11H,7H2,1-2H3,(H,14,16)(H,17,18). The number of carboxylic acids is 1. The molecule has 1 aromatic rings. The second-order valence-electron chi connectivity index (χ2n) is 4.38. The SMILES string of the molecule is CNC(=O)C(C)N1c2ccccc2CC1C(=O)O. The van der Waals surface area contributed by atoms with Gasteiger partial charge in [0.05, 0.1) is 0 Å². The fourth-order valence-corrected chi connectivity index (χ4v) is 2.43. The number of likely N-dealkylation sites (N-methyl/N-ethyl adjacent to an activating group) is 1. The Morgan fingerprint density at radius 1 is 1.44 bits per heavy atom. The molecule has 2 unspecified atom stereocenters. The molecule has 1 aliphatic heterocycles. The van der Waals surface area contributed by atoms with E-state index in [2.05, 4.69) is 5.32 Å². The third-order valence-electron chi connectivity index (χ3n) is 3.35. The van der Waals surface area contributed by atoms with Gasteiger partial charge in [0.15, 0.2) is 0 Å². The van der Waals surface area contributed by atoms with Crippen LogP contribution in [-0.4, -0.2) is 36.1 Å². The highest BCUT2D eigenvalue weighted by molar-refractivity contribution is 5.90. The van der Waals surface area contributed by atoms with E-state index >= 15 is 0 Å². The lowest BCUT2D eigenvalue weighted by Crippen LogP contribution is -2.50. The van der Waals surface area contributed by atoms with Crippen LogP contribution in [0, 0.1) is 0 Å². The molecule has 1 amide bonds. The lowest BCUT2D eigenvalue weighted by Gasteiger charge is -2.30. The molecule has 0 saturated carbocycles. The third-order valence-corrected chi connectivity index (χ3v) is 3.35. The Labute approximate surface area is 105 Å². The Bertz CT molecular complexity index is 487. The van der Waals surface area contributed by atoms with E-state index in [0.717, 1.165) is 11.3 Å². The van der Waals surface area contributed by atoms with Gasteiger partial charge in [-0.25, -0.2) is 4.79 Å². The summed E-state index contributed by atoms with van der Waals surface area (Å²) in [5, 5.41) is 11.8. The van der Waals surface area contributed by atoms with E-state index in [1.165, 1.54) is 0 Å². The van der Waals surface area contributed by atoms with Crippen molar-refractivity contribution in [3.05, 3.63) is 29.8 Å². The maximum atomic E-state index is 11.7. The summed E-state index contributed by atoms with van der Waals surface area (Å²) in [6, 6.07) is 6.33. The average Bonchev–Trinajstić information content (AvgIpc) is 2.76. The zero-order valence-electron chi connectivity index (χ0n) is 10.4. The summed E-state index contributed by atoms with van der Waals surface area (Å²) in [4.78, 5) is 24.7. The molecule has 2 rings (SSSR count). The molecule has 0 aliphatic carbocycles. The van der Waals surface area contributed by atoms with Crippen molar-refractivity contribution in [2.24, 2.45) is 0 Å².